The van der Waals surface area contributed by atoms with Crippen LogP contribution in [-0.4, -0.2) is 35.2 Å². The number of hydrogen-bond acceptors (Lipinski definition) is 4. The molecular formula is C16H20N2O2S2. The lowest BCUT2D eigenvalue weighted by atomic mass is 10.1. The van der Waals surface area contributed by atoms with Crippen LogP contribution in [0.5, 0.6) is 0 Å². The van der Waals surface area contributed by atoms with Gasteiger partial charge in [-0.15, -0.1) is 0 Å². The normalized spacial score (nSPS) is 20.4. The summed E-state index contributed by atoms with van der Waals surface area (Å²) in [5.74, 6) is 1.72. The summed E-state index contributed by atoms with van der Waals surface area (Å²) in [6, 6.07) is 6.42. The van der Waals surface area contributed by atoms with Crippen molar-refractivity contribution in [2.75, 3.05) is 17.3 Å². The van der Waals surface area contributed by atoms with Crippen molar-refractivity contribution in [3.63, 3.8) is 0 Å². The van der Waals surface area contributed by atoms with Gasteiger partial charge in [0.05, 0.1) is 11.5 Å². The highest BCUT2D eigenvalue weighted by molar-refractivity contribution is 7.99. The zero-order valence-electron chi connectivity index (χ0n) is 12.8. The van der Waals surface area contributed by atoms with Gasteiger partial charge in [0.25, 0.3) is 0 Å². The van der Waals surface area contributed by atoms with Gasteiger partial charge in [-0.1, -0.05) is 17.8 Å². The zero-order chi connectivity index (χ0) is 15.7. The molecule has 2 aromatic rings. The Bertz CT molecular complexity index is 761. The highest BCUT2D eigenvalue weighted by Gasteiger charge is 2.28. The fourth-order valence-corrected chi connectivity index (χ4v) is 6.00. The predicted molar refractivity (Wildman–Crippen MR) is 90.5 cm³/mol. The molecule has 0 aliphatic carbocycles. The van der Waals surface area contributed by atoms with E-state index in [1.165, 1.54) is 11.1 Å². The van der Waals surface area contributed by atoms with Gasteiger partial charge in [0, 0.05) is 23.8 Å². The van der Waals surface area contributed by atoms with Crippen LogP contribution in [-0.2, 0) is 9.84 Å². The van der Waals surface area contributed by atoms with E-state index in [2.05, 4.69) is 41.6 Å². The molecule has 1 unspecified atom stereocenters. The molecular weight excluding hydrogens is 316 g/mol. The summed E-state index contributed by atoms with van der Waals surface area (Å²) >= 11 is 1.65. The first-order valence-corrected chi connectivity index (χ1v) is 10.2. The lowest BCUT2D eigenvalue weighted by Gasteiger charge is -2.11. The second kappa shape index (κ2) is 6.08. The second-order valence-electron chi connectivity index (χ2n) is 6.01. The van der Waals surface area contributed by atoms with E-state index in [0.717, 1.165) is 23.0 Å². The molecule has 0 amide bonds. The number of aromatic nitrogens is 2. The molecule has 1 saturated heterocycles. The van der Waals surface area contributed by atoms with Crippen molar-refractivity contribution in [1.29, 1.82) is 0 Å². The molecule has 2 heterocycles. The quantitative estimate of drug-likeness (QED) is 0.806. The third-order valence-corrected chi connectivity index (χ3v) is 6.90. The summed E-state index contributed by atoms with van der Waals surface area (Å²) in [6.07, 6.45) is 4.53. The smallest absolute Gasteiger partial charge is 0.172 e. The van der Waals surface area contributed by atoms with Crippen LogP contribution >= 0.6 is 11.8 Å². The lowest BCUT2D eigenvalue weighted by molar-refractivity contribution is 0.599. The van der Waals surface area contributed by atoms with Gasteiger partial charge in [-0.2, -0.15) is 0 Å². The van der Waals surface area contributed by atoms with Gasteiger partial charge < -0.3 is 0 Å². The summed E-state index contributed by atoms with van der Waals surface area (Å²) in [7, 11) is -2.80. The van der Waals surface area contributed by atoms with Crippen LogP contribution in [0, 0.1) is 19.8 Å². The van der Waals surface area contributed by atoms with Gasteiger partial charge in [0.15, 0.2) is 15.0 Å². The highest BCUT2D eigenvalue weighted by atomic mass is 32.2. The Labute approximate surface area is 135 Å². The maximum atomic E-state index is 11.5. The van der Waals surface area contributed by atoms with Crippen molar-refractivity contribution in [2.45, 2.75) is 25.4 Å². The molecule has 6 heteroatoms. The van der Waals surface area contributed by atoms with E-state index < -0.39 is 9.84 Å². The number of rotatable bonds is 4. The monoisotopic (exact) mass is 336 g/mol. The molecule has 0 radical (unpaired) electrons. The minimum Gasteiger partial charge on any atom is -0.295 e. The van der Waals surface area contributed by atoms with Gasteiger partial charge >= 0.3 is 0 Å². The highest BCUT2D eigenvalue weighted by Crippen LogP contribution is 2.28. The van der Waals surface area contributed by atoms with Gasteiger partial charge in [0.1, 0.15) is 0 Å². The molecule has 4 nitrogen and oxygen atoms in total. The standard InChI is InChI=1S/C16H20N2O2S2/c1-12-7-13(2)9-15(8-12)18-5-4-17-16(18)21-10-14-3-6-22(19,20)11-14/h4-5,7-9,14H,3,6,10-11H2,1-2H3. The molecule has 1 aliphatic heterocycles. The predicted octanol–water partition coefficient (Wildman–Crippen LogP) is 3.02. The second-order valence-corrected chi connectivity index (χ2v) is 9.22. The molecule has 118 valence electrons. The van der Waals surface area contributed by atoms with Crippen LogP contribution in [0.2, 0.25) is 0 Å². The first-order valence-electron chi connectivity index (χ1n) is 7.38. The molecule has 0 spiro atoms. The first kappa shape index (κ1) is 15.6. The van der Waals surface area contributed by atoms with E-state index in [9.17, 15) is 8.42 Å². The number of imidazole rings is 1. The van der Waals surface area contributed by atoms with Crippen molar-refractivity contribution in [3.8, 4) is 5.69 Å². The molecule has 1 fully saturated rings. The van der Waals surface area contributed by atoms with Gasteiger partial charge in [-0.05, 0) is 49.4 Å². The first-order chi connectivity index (χ1) is 10.4. The lowest BCUT2D eigenvalue weighted by Crippen LogP contribution is -2.07. The van der Waals surface area contributed by atoms with Crippen LogP contribution in [0.25, 0.3) is 5.69 Å². The van der Waals surface area contributed by atoms with E-state index in [4.69, 9.17) is 0 Å². The number of hydrogen-bond donors (Lipinski definition) is 0. The molecule has 0 bridgehead atoms. The Hall–Kier alpha value is -1.27. The molecule has 0 N–H and O–H groups in total. The third-order valence-electron chi connectivity index (χ3n) is 3.87. The largest absolute Gasteiger partial charge is 0.295 e. The Morgan fingerprint density at radius 3 is 2.64 bits per heavy atom. The summed E-state index contributed by atoms with van der Waals surface area (Å²) in [6.45, 7) is 4.17. The Morgan fingerprint density at radius 2 is 2.00 bits per heavy atom. The molecule has 3 rings (SSSR count). The van der Waals surface area contributed by atoms with Crippen LogP contribution in [0.3, 0.4) is 0 Å². The van der Waals surface area contributed by atoms with Crippen LogP contribution < -0.4 is 0 Å². The fraction of sp³-hybridized carbons (Fsp3) is 0.438. The number of thioether (sulfide) groups is 1. The van der Waals surface area contributed by atoms with E-state index in [1.807, 2.05) is 6.20 Å². The maximum Gasteiger partial charge on any atom is 0.172 e. The SMILES string of the molecule is Cc1cc(C)cc(-n2ccnc2SCC2CCS(=O)(=O)C2)c1. The van der Waals surface area contributed by atoms with E-state index in [0.29, 0.717) is 11.5 Å². The number of sulfone groups is 1. The Balaban J connectivity index is 1.75. The summed E-state index contributed by atoms with van der Waals surface area (Å²) in [4.78, 5) is 4.43. The van der Waals surface area contributed by atoms with E-state index in [1.54, 1.807) is 18.0 Å². The topological polar surface area (TPSA) is 52.0 Å². The zero-order valence-corrected chi connectivity index (χ0v) is 14.5. The minimum absolute atomic E-state index is 0.249. The van der Waals surface area contributed by atoms with Crippen molar-refractivity contribution < 1.29 is 8.42 Å². The molecule has 1 aliphatic rings. The molecule has 1 aromatic heterocycles. The van der Waals surface area contributed by atoms with Crippen LogP contribution in [0.1, 0.15) is 17.5 Å². The van der Waals surface area contributed by atoms with E-state index >= 15 is 0 Å². The number of nitrogens with zero attached hydrogens (tertiary/aromatic N) is 2. The number of benzene rings is 1. The molecule has 22 heavy (non-hydrogen) atoms. The van der Waals surface area contributed by atoms with Gasteiger partial charge in [-0.25, -0.2) is 13.4 Å². The van der Waals surface area contributed by atoms with E-state index in [-0.39, 0.29) is 5.92 Å². The summed E-state index contributed by atoms with van der Waals surface area (Å²) in [5.41, 5.74) is 3.56. The van der Waals surface area contributed by atoms with Crippen molar-refractivity contribution in [1.82, 2.24) is 9.55 Å². The van der Waals surface area contributed by atoms with Crippen LogP contribution in [0.15, 0.2) is 35.7 Å². The van der Waals surface area contributed by atoms with Crippen molar-refractivity contribution >= 4 is 21.6 Å². The molecule has 0 saturated carbocycles. The maximum absolute atomic E-state index is 11.5. The average Bonchev–Trinajstić information content (AvgIpc) is 3.01. The third kappa shape index (κ3) is 3.55. The Morgan fingerprint density at radius 1 is 1.27 bits per heavy atom. The summed E-state index contributed by atoms with van der Waals surface area (Å²) in [5, 5.41) is 0.925. The number of aryl methyl sites for hydroxylation is 2. The van der Waals surface area contributed by atoms with Crippen LogP contribution in [0.4, 0.5) is 0 Å². The van der Waals surface area contributed by atoms with Gasteiger partial charge in [-0.3, -0.25) is 4.57 Å². The van der Waals surface area contributed by atoms with Gasteiger partial charge in [0.2, 0.25) is 0 Å². The molecule has 1 aromatic carbocycles. The average molecular weight is 336 g/mol. The fourth-order valence-electron chi connectivity index (χ4n) is 2.88. The Kier molecular flexibility index (Phi) is 4.32. The minimum atomic E-state index is -2.80. The summed E-state index contributed by atoms with van der Waals surface area (Å²) < 4.78 is 25.1. The molecule has 1 atom stereocenters. The van der Waals surface area contributed by atoms with Crippen molar-refractivity contribution in [2.24, 2.45) is 5.92 Å². The van der Waals surface area contributed by atoms with Crippen molar-refractivity contribution in [3.05, 3.63) is 41.7 Å².